The minimum Gasteiger partial charge on any atom is -0.457 e. The molecule has 116 heavy (non-hydrogen) atoms. The van der Waals surface area contributed by atoms with E-state index in [1.54, 1.807) is 6.08 Å². The van der Waals surface area contributed by atoms with Crippen molar-refractivity contribution in [2.75, 3.05) is 0 Å². The molecule has 2 aromatic carbocycles. The molecule has 6 aliphatic rings. The van der Waals surface area contributed by atoms with Crippen LogP contribution in [0.1, 0.15) is 269 Å². The molecule has 6 aliphatic heterocycles. The van der Waals surface area contributed by atoms with Gasteiger partial charge in [-0.05, 0) is 175 Å². The van der Waals surface area contributed by atoms with E-state index in [1.807, 2.05) is 93.6 Å². The van der Waals surface area contributed by atoms with Crippen molar-refractivity contribution >= 4 is 45.2 Å². The standard InChI is InChI=1S/C47H80O9Si2.C47H78O7Si2.2CH4/c1-17-37(56-58(15,16)46(9,10)11)33(5)43-38(51-43)28-31(3)41(50)36(48)27-32(4)42-30(2)23-24-39-47(12,54-44(52-39)34-21-19-18-20-22-34)26-25-35(29-40(49)53-42)55-57(13,14)45(6,7)8;1-17-38(54-56(15,16)46(9,10)11)35(5)43-39(49-43)30-32(2)22-21-23-33(3)42-34(4)26-27-40-47(12,52-44(50-40)36-24-19-18-20-25-36)29-28-37(31-41(48)51-42)53-55(13,14)45(6,7)8;;/h18-24,27,30-31,33,35-39,41-44,48,50H,17,25-26,28-29H2,1-16H3;18-27,32,34-35,37-40,42-44H,17,28-31H2,1-16H3;2*1H4/b24-23+,32-27+;22-21+,27-26+,33-23+;;/t30-,31-,33+,35+,36?,37-,38+,39-,41?,42-,43+,44?,47+;32-,34+,35-,37-,38+,39-,40+,42-,43-,44?,47-;;/m01../s1. The van der Waals surface area contributed by atoms with Gasteiger partial charge in [-0.2, -0.15) is 0 Å². The molecule has 8 rings (SSSR count). The highest BCUT2D eigenvalue weighted by molar-refractivity contribution is 6.75. The largest absolute Gasteiger partial charge is 0.457 e. The summed E-state index contributed by atoms with van der Waals surface area (Å²) >= 11 is 0. The van der Waals surface area contributed by atoms with Crippen LogP contribution < -0.4 is 0 Å². The lowest BCUT2D eigenvalue weighted by Crippen LogP contribution is -2.46. The second-order valence-corrected chi connectivity index (χ2v) is 60.5. The molecule has 2 aromatic rings. The molecule has 0 aromatic heterocycles. The maximum absolute atomic E-state index is 13.9. The smallest absolute Gasteiger partial charge is 0.308 e. The maximum Gasteiger partial charge on any atom is 0.308 e. The summed E-state index contributed by atoms with van der Waals surface area (Å²) in [5.41, 5.74) is 2.35. The lowest BCUT2D eigenvalue weighted by atomic mass is 9.88. The van der Waals surface area contributed by atoms with Crippen molar-refractivity contribution in [1.29, 1.82) is 0 Å². The zero-order valence-corrected chi connectivity index (χ0v) is 80.8. The van der Waals surface area contributed by atoms with E-state index < -0.39 is 81.5 Å². The molecule has 20 heteroatoms. The molecule has 2 N–H and O–H groups in total. The first-order valence-electron chi connectivity index (χ1n) is 43.5. The number of aliphatic hydroxyl groups excluding tert-OH is 2. The number of carbonyl (C=O) groups is 2. The van der Waals surface area contributed by atoms with Crippen LogP contribution in [0.3, 0.4) is 0 Å². The van der Waals surface area contributed by atoms with E-state index in [4.69, 9.17) is 55.6 Å². The Balaban J connectivity index is 0.000000407. The fourth-order valence-corrected chi connectivity index (χ4v) is 21.1. The minimum absolute atomic E-state index is 0. The number of carbonyl (C=O) groups excluding carboxylic acids is 2. The first kappa shape index (κ1) is 103. The molecule has 0 aliphatic carbocycles. The van der Waals surface area contributed by atoms with Crippen LogP contribution in [-0.2, 0) is 65.2 Å². The zero-order valence-electron chi connectivity index (χ0n) is 76.8. The van der Waals surface area contributed by atoms with Crippen molar-refractivity contribution in [1.82, 2.24) is 0 Å². The van der Waals surface area contributed by atoms with Crippen LogP contribution in [0, 0.1) is 35.5 Å². The Morgan fingerprint density at radius 3 is 1.26 bits per heavy atom. The highest BCUT2D eigenvalue weighted by Crippen LogP contribution is 2.49. The molecule has 4 unspecified atom stereocenters. The quantitative estimate of drug-likeness (QED) is 0.0282. The number of esters is 2. The number of allylic oxidation sites excluding steroid dienone is 3. The van der Waals surface area contributed by atoms with E-state index in [9.17, 15) is 19.8 Å². The molecular weight excluding hydrogens is 1520 g/mol. The Morgan fingerprint density at radius 2 is 0.897 bits per heavy atom. The lowest BCUT2D eigenvalue weighted by Gasteiger charge is -2.40. The number of hydrogen-bond acceptors (Lipinski definition) is 16. The molecule has 0 saturated carbocycles. The van der Waals surface area contributed by atoms with Crippen molar-refractivity contribution in [3.63, 3.8) is 0 Å². The number of benzene rings is 2. The van der Waals surface area contributed by atoms with Crippen molar-refractivity contribution in [3.05, 3.63) is 132 Å². The monoisotopic (exact) mass is 1690 g/mol. The summed E-state index contributed by atoms with van der Waals surface area (Å²) in [5.74, 6) is -0.265. The SMILES string of the molecule is C.C.CC[C@H](O[Si](C)(C)C(C)(C)C)[C@@H](C)[C@H]1O[C@@H]1C[C@H](C)/C=C/C=C(\C)[C@H]1OC(=O)C[C@H](O[Si](C)(C)C(C)(C)C)CC[C@@]2(C)OC(c3ccccc3)O[C@H]2/C=C/[C@@H]1C.CC[C@H](O[Si](C)(C)C(C)(C)C)[C@@H](C)[C@H]1O[C@@H]1C[C@H](C)C(O)C(O)/C=C(\C)[C@H]1OC(=O)C[C@H](O[Si](C)(C)C(C)(C)C)CC[C@@]2(C)OC(c3ccccc3)O[C@H]2/C=C/[C@@H]1C. The Labute approximate surface area is 710 Å². The van der Waals surface area contributed by atoms with E-state index >= 15 is 0 Å². The van der Waals surface area contributed by atoms with E-state index in [-0.39, 0.29) is 144 Å². The summed E-state index contributed by atoms with van der Waals surface area (Å²) in [6, 6.07) is 20.1. The van der Waals surface area contributed by atoms with Gasteiger partial charge in [-0.1, -0.05) is 263 Å². The van der Waals surface area contributed by atoms with Crippen molar-refractivity contribution in [2.45, 2.75) is 427 Å². The predicted molar refractivity (Wildman–Crippen MR) is 485 cm³/mol. The van der Waals surface area contributed by atoms with Crippen molar-refractivity contribution < 1.29 is 75.4 Å². The van der Waals surface area contributed by atoms with Crippen LogP contribution in [-0.4, -0.2) is 152 Å². The van der Waals surface area contributed by atoms with Gasteiger partial charge in [-0.15, -0.1) is 0 Å². The third kappa shape index (κ3) is 27.7. The summed E-state index contributed by atoms with van der Waals surface area (Å²) in [4.78, 5) is 27.7. The van der Waals surface area contributed by atoms with Crippen LogP contribution >= 0.6 is 0 Å². The third-order valence-corrected chi connectivity index (χ3v) is 45.7. The van der Waals surface area contributed by atoms with Gasteiger partial charge in [0.15, 0.2) is 45.8 Å². The van der Waals surface area contributed by atoms with E-state index in [1.165, 1.54) is 0 Å². The first-order chi connectivity index (χ1) is 52.6. The van der Waals surface area contributed by atoms with Gasteiger partial charge in [-0.25, -0.2) is 0 Å². The van der Waals surface area contributed by atoms with Gasteiger partial charge in [0, 0.05) is 47.0 Å². The summed E-state index contributed by atoms with van der Waals surface area (Å²) in [6.07, 6.45) is 18.1. The van der Waals surface area contributed by atoms with Crippen LogP contribution in [0.4, 0.5) is 0 Å². The van der Waals surface area contributed by atoms with E-state index in [0.717, 1.165) is 36.0 Å². The minimum atomic E-state index is -2.26. The number of fused-ring (bicyclic) bond motifs is 2. The molecule has 0 amide bonds. The van der Waals surface area contributed by atoms with Gasteiger partial charge in [-0.3, -0.25) is 9.59 Å². The Bertz CT molecular complexity index is 3530. The number of rotatable bonds is 27. The molecule has 0 bridgehead atoms. The number of cyclic esters (lactones) is 2. The normalized spacial score (nSPS) is 31.8. The lowest BCUT2D eigenvalue weighted by molar-refractivity contribution is -0.152. The van der Waals surface area contributed by atoms with E-state index in [0.29, 0.717) is 49.5 Å². The number of ether oxygens (including phenoxy) is 8. The molecule has 4 saturated heterocycles. The van der Waals surface area contributed by atoms with Gasteiger partial charge in [0.05, 0.1) is 72.9 Å². The molecule has 4 fully saturated rings. The predicted octanol–water partition coefficient (Wildman–Crippen LogP) is 24.0. The van der Waals surface area contributed by atoms with Gasteiger partial charge < -0.3 is 65.8 Å². The molecule has 662 valence electrons. The Hall–Kier alpha value is -3.53. The molecule has 16 nitrogen and oxygen atoms in total. The Morgan fingerprint density at radius 1 is 0.534 bits per heavy atom. The summed E-state index contributed by atoms with van der Waals surface area (Å²) < 4.78 is 79.2. The van der Waals surface area contributed by atoms with Crippen LogP contribution in [0.25, 0.3) is 0 Å². The fraction of sp³-hybridized carbons (Fsp3) is 0.750. The molecular formula is C96H166O16Si4. The maximum atomic E-state index is 13.9. The van der Waals surface area contributed by atoms with Gasteiger partial charge in [0.2, 0.25) is 0 Å². The molecule has 6 heterocycles. The van der Waals surface area contributed by atoms with Gasteiger partial charge in [0.1, 0.15) is 24.4 Å². The van der Waals surface area contributed by atoms with Crippen LogP contribution in [0.5, 0.6) is 0 Å². The van der Waals surface area contributed by atoms with Crippen LogP contribution in [0.2, 0.25) is 72.5 Å². The second kappa shape index (κ2) is 41.8. The average molecular weight is 1690 g/mol. The third-order valence-electron chi connectivity index (χ3n) is 27.6. The summed E-state index contributed by atoms with van der Waals surface area (Å²) in [7, 11) is -8.25. The fourth-order valence-electron chi connectivity index (χ4n) is 15.4. The number of epoxide rings is 2. The van der Waals surface area contributed by atoms with Crippen molar-refractivity contribution in [3.8, 4) is 0 Å². The topological polar surface area (TPSA) is 192 Å². The Kier molecular flexibility index (Phi) is 37.1. The molecule has 24 atom stereocenters. The zero-order chi connectivity index (χ0) is 85.5. The van der Waals surface area contributed by atoms with Crippen molar-refractivity contribution in [2.24, 2.45) is 35.5 Å². The van der Waals surface area contributed by atoms with Crippen LogP contribution in [0.15, 0.2) is 120 Å². The van der Waals surface area contributed by atoms with E-state index in [2.05, 4.69) is 228 Å². The first-order valence-corrected chi connectivity index (χ1v) is 55.1. The average Bonchev–Trinajstić information content (AvgIpc) is 1.63. The molecule has 0 spiro atoms. The number of hydrogen-bond donors (Lipinski definition) is 2. The highest BCUT2D eigenvalue weighted by atomic mass is 28.4. The summed E-state index contributed by atoms with van der Waals surface area (Å²) in [6.45, 7) is 70.5. The molecule has 0 radical (unpaired) electrons. The highest BCUT2D eigenvalue weighted by Gasteiger charge is 2.53. The van der Waals surface area contributed by atoms with Gasteiger partial charge >= 0.3 is 11.9 Å². The second-order valence-electron chi connectivity index (χ2n) is 41.5. The number of aliphatic hydroxyl groups is 2. The summed E-state index contributed by atoms with van der Waals surface area (Å²) in [5, 5.41) is 23.1. The van der Waals surface area contributed by atoms with Gasteiger partial charge in [0.25, 0.3) is 0 Å².